The first kappa shape index (κ1) is 18.2. The quantitative estimate of drug-likeness (QED) is 0.469. The standard InChI is InChI=1S/C20H24.2ClH.Zr/c1-14(19-10-15-6-2-3-7-16(15)11-19)20-12-17-8-4-5-9-18(17)13-20;;;/h2-10,12,14-20H,11,13H2,1H3;2*1H;/q;;;+2/p-2. The molecule has 3 fully saturated rings. The SMILES string of the molecule is CC1C2CC3C=CC=CC3[CH]2[Zr+2][CH]2C3C=CC=CC3CC12.[Cl-].[Cl-]. The summed E-state index contributed by atoms with van der Waals surface area (Å²) in [4.78, 5) is 0. The van der Waals surface area contributed by atoms with E-state index in [1.807, 2.05) is 0 Å². The molecule has 1 heterocycles. The second-order valence-electron chi connectivity index (χ2n) is 7.90. The molecule has 8 atom stereocenters. The molecule has 0 aromatic carbocycles. The molecular weight excluding hydrogens is 402 g/mol. The summed E-state index contributed by atoms with van der Waals surface area (Å²) in [5.41, 5.74) is 0. The van der Waals surface area contributed by atoms with Crippen LogP contribution in [0.2, 0.25) is 7.25 Å². The van der Waals surface area contributed by atoms with Gasteiger partial charge < -0.3 is 24.8 Å². The summed E-state index contributed by atoms with van der Waals surface area (Å²) in [6, 6.07) is 0. The summed E-state index contributed by atoms with van der Waals surface area (Å²) in [5.74, 6) is 6.75. The van der Waals surface area contributed by atoms with Crippen molar-refractivity contribution < 1.29 is 48.0 Å². The summed E-state index contributed by atoms with van der Waals surface area (Å²) in [5, 5.41) is 0. The van der Waals surface area contributed by atoms with Crippen LogP contribution in [0.1, 0.15) is 19.8 Å². The zero-order valence-corrected chi connectivity index (χ0v) is 17.5. The minimum absolute atomic E-state index is 0. The van der Waals surface area contributed by atoms with Crippen molar-refractivity contribution in [2.45, 2.75) is 27.0 Å². The molecule has 0 bridgehead atoms. The Hall–Kier alpha value is 0.423. The van der Waals surface area contributed by atoms with Crippen molar-refractivity contribution in [3.8, 4) is 0 Å². The van der Waals surface area contributed by atoms with Gasteiger partial charge in [-0.25, -0.2) is 0 Å². The van der Waals surface area contributed by atoms with Gasteiger partial charge >= 0.3 is 140 Å². The van der Waals surface area contributed by atoms with Crippen molar-refractivity contribution >= 4 is 0 Å². The largest absolute Gasteiger partial charge is 1.00 e. The van der Waals surface area contributed by atoms with Gasteiger partial charge in [-0.15, -0.1) is 0 Å². The van der Waals surface area contributed by atoms with Gasteiger partial charge in [0.05, 0.1) is 0 Å². The van der Waals surface area contributed by atoms with Gasteiger partial charge in [0.15, 0.2) is 0 Å². The molecule has 0 radical (unpaired) electrons. The minimum atomic E-state index is -0.295. The first-order valence-electron chi connectivity index (χ1n) is 8.79. The van der Waals surface area contributed by atoms with Crippen LogP contribution in [0.5, 0.6) is 0 Å². The van der Waals surface area contributed by atoms with Crippen molar-refractivity contribution in [2.24, 2.45) is 41.4 Å². The Morgan fingerprint density at radius 1 is 0.696 bits per heavy atom. The van der Waals surface area contributed by atoms with E-state index in [9.17, 15) is 0 Å². The summed E-state index contributed by atoms with van der Waals surface area (Å²) >= 11 is -0.295. The number of allylic oxidation sites excluding steroid dienone is 8. The Labute approximate surface area is 164 Å². The second kappa shape index (κ2) is 6.97. The van der Waals surface area contributed by atoms with Gasteiger partial charge in [-0.3, -0.25) is 0 Å². The van der Waals surface area contributed by atoms with E-state index in [2.05, 4.69) is 55.5 Å². The fraction of sp³-hybridized carbons (Fsp3) is 0.600. The average Bonchev–Trinajstić information content (AvgIpc) is 3.07. The van der Waals surface area contributed by atoms with E-state index in [-0.39, 0.29) is 48.0 Å². The van der Waals surface area contributed by atoms with Gasteiger partial charge in [-0.05, 0) is 0 Å². The van der Waals surface area contributed by atoms with Crippen molar-refractivity contribution in [3.05, 3.63) is 48.6 Å². The maximum atomic E-state index is 2.61. The molecular formula is C20H24Cl2Zr. The third-order valence-corrected chi connectivity index (χ3v) is 13.1. The Bertz CT molecular complexity index is 516. The van der Waals surface area contributed by atoms with Crippen molar-refractivity contribution in [3.63, 3.8) is 0 Å². The number of fused-ring (bicyclic) bond motifs is 6. The molecule has 23 heavy (non-hydrogen) atoms. The van der Waals surface area contributed by atoms with Gasteiger partial charge in [0, 0.05) is 0 Å². The van der Waals surface area contributed by atoms with E-state index >= 15 is 0 Å². The fourth-order valence-corrected chi connectivity index (χ4v) is 13.5. The predicted octanol–water partition coefficient (Wildman–Crippen LogP) is -0.940. The van der Waals surface area contributed by atoms with Crippen LogP contribution in [0.25, 0.3) is 0 Å². The molecule has 8 unspecified atom stereocenters. The molecule has 1 saturated heterocycles. The maximum absolute atomic E-state index is 2.61. The molecule has 2 saturated carbocycles. The van der Waals surface area contributed by atoms with E-state index < -0.39 is 0 Å². The van der Waals surface area contributed by atoms with Crippen molar-refractivity contribution in [2.75, 3.05) is 0 Å². The minimum Gasteiger partial charge on any atom is -1.00 e. The third kappa shape index (κ3) is 2.74. The topological polar surface area (TPSA) is 0 Å². The van der Waals surface area contributed by atoms with Gasteiger partial charge in [-0.2, -0.15) is 0 Å². The van der Waals surface area contributed by atoms with Crippen molar-refractivity contribution in [1.29, 1.82) is 0 Å². The number of hydrogen-bond acceptors (Lipinski definition) is 0. The van der Waals surface area contributed by atoms with Crippen LogP contribution in [0.4, 0.5) is 0 Å². The van der Waals surface area contributed by atoms with Crippen LogP contribution >= 0.6 is 0 Å². The Morgan fingerprint density at radius 2 is 1.13 bits per heavy atom. The van der Waals surface area contributed by atoms with Gasteiger partial charge in [0.2, 0.25) is 0 Å². The molecule has 0 spiro atoms. The van der Waals surface area contributed by atoms with E-state index in [0.717, 1.165) is 48.7 Å². The zero-order chi connectivity index (χ0) is 14.0. The molecule has 0 nitrogen and oxygen atoms in total. The van der Waals surface area contributed by atoms with Crippen LogP contribution in [-0.4, -0.2) is 0 Å². The summed E-state index contributed by atoms with van der Waals surface area (Å²) in [6.45, 7) is 2.61. The summed E-state index contributed by atoms with van der Waals surface area (Å²) in [6.07, 6.45) is 22.5. The van der Waals surface area contributed by atoms with E-state index in [1.165, 1.54) is 12.8 Å². The Balaban J connectivity index is 0.000000781. The zero-order valence-electron chi connectivity index (χ0n) is 13.5. The van der Waals surface area contributed by atoms with Gasteiger partial charge in [0.1, 0.15) is 0 Å². The Kier molecular flexibility index (Phi) is 5.52. The molecule has 5 rings (SSSR count). The number of hydrogen-bond donors (Lipinski definition) is 0. The molecule has 0 N–H and O–H groups in total. The molecule has 5 aliphatic rings. The van der Waals surface area contributed by atoms with Gasteiger partial charge in [-0.1, -0.05) is 0 Å². The maximum Gasteiger partial charge on any atom is -1.00 e. The van der Waals surface area contributed by atoms with Crippen LogP contribution in [-0.2, 0) is 23.2 Å². The monoisotopic (exact) mass is 424 g/mol. The van der Waals surface area contributed by atoms with Crippen LogP contribution in [0.15, 0.2) is 48.6 Å². The average molecular weight is 427 g/mol. The van der Waals surface area contributed by atoms with Crippen molar-refractivity contribution in [1.82, 2.24) is 0 Å². The molecule has 0 aromatic rings. The third-order valence-electron chi connectivity index (χ3n) is 7.17. The van der Waals surface area contributed by atoms with E-state index in [0.29, 0.717) is 0 Å². The molecule has 0 aromatic heterocycles. The molecule has 4 aliphatic carbocycles. The fourth-order valence-electron chi connectivity index (χ4n) is 6.17. The van der Waals surface area contributed by atoms with Gasteiger partial charge in [0.25, 0.3) is 0 Å². The van der Waals surface area contributed by atoms with Crippen LogP contribution in [0, 0.1) is 41.4 Å². The second-order valence-corrected chi connectivity index (χ2v) is 12.0. The molecule has 122 valence electrons. The molecule has 3 heteroatoms. The molecule has 0 amide bonds. The smallest absolute Gasteiger partial charge is 1.00 e. The van der Waals surface area contributed by atoms with Crippen LogP contribution in [0.3, 0.4) is 0 Å². The van der Waals surface area contributed by atoms with Crippen LogP contribution < -0.4 is 24.8 Å². The molecule has 1 aliphatic heterocycles. The first-order valence-corrected chi connectivity index (χ1v) is 11.6. The van der Waals surface area contributed by atoms with E-state index in [4.69, 9.17) is 0 Å². The normalized spacial score (nSPS) is 50.4. The summed E-state index contributed by atoms with van der Waals surface area (Å²) < 4.78 is 2.27. The summed E-state index contributed by atoms with van der Waals surface area (Å²) in [7, 11) is 0. The predicted molar refractivity (Wildman–Crippen MR) is 83.4 cm³/mol. The number of rotatable bonds is 0. The number of halogens is 2. The van der Waals surface area contributed by atoms with E-state index in [1.54, 1.807) is 0 Å². The Morgan fingerprint density at radius 3 is 1.61 bits per heavy atom. The first-order chi connectivity index (χ1) is 10.3.